The number of nitrogens with one attached hydrogen (secondary N) is 1. The first-order chi connectivity index (χ1) is 15.9. The summed E-state index contributed by atoms with van der Waals surface area (Å²) in [5.41, 5.74) is 10.1. The number of aromatic nitrogens is 3. The molecule has 0 saturated carbocycles. The van der Waals surface area contributed by atoms with Gasteiger partial charge in [-0.3, -0.25) is 14.5 Å². The van der Waals surface area contributed by atoms with Crippen molar-refractivity contribution in [1.82, 2.24) is 14.8 Å². The van der Waals surface area contributed by atoms with Gasteiger partial charge in [0.15, 0.2) is 0 Å². The molecule has 2 aromatic carbocycles. The van der Waals surface area contributed by atoms with Crippen LogP contribution in [-0.4, -0.2) is 34.9 Å². The van der Waals surface area contributed by atoms with Gasteiger partial charge in [0.2, 0.25) is 0 Å². The number of primary amides is 1. The molecule has 2 heterocycles. The van der Waals surface area contributed by atoms with Gasteiger partial charge in [0.05, 0.1) is 31.5 Å². The van der Waals surface area contributed by atoms with E-state index < -0.39 is 5.91 Å². The lowest BCUT2D eigenvalue weighted by Crippen LogP contribution is -2.12. The van der Waals surface area contributed by atoms with E-state index in [-0.39, 0.29) is 0 Å². The van der Waals surface area contributed by atoms with Crippen LogP contribution >= 0.6 is 0 Å². The van der Waals surface area contributed by atoms with Crippen LogP contribution in [0.25, 0.3) is 22.0 Å². The minimum atomic E-state index is -0.564. The molecule has 0 fully saturated rings. The number of nitrogens with zero attached hydrogens (tertiary/aromatic N) is 3. The summed E-state index contributed by atoms with van der Waals surface area (Å²) in [6.45, 7) is 5.17. The smallest absolute Gasteiger partial charge is 0.252 e. The highest BCUT2D eigenvalue weighted by atomic mass is 16.5. The molecular formula is C25H27N5O3. The minimum Gasteiger partial charge on any atom is -0.497 e. The first kappa shape index (κ1) is 22.1. The van der Waals surface area contributed by atoms with E-state index in [1.54, 1.807) is 25.4 Å². The van der Waals surface area contributed by atoms with Gasteiger partial charge in [-0.15, -0.1) is 0 Å². The highest BCUT2D eigenvalue weighted by molar-refractivity contribution is 6.03. The third kappa shape index (κ3) is 4.74. The standard InChI is InChI=1S/C25H27N5O3/c1-15(2)13-30-14-17(12-28-30)16-7-18(9-19(8-16)32-3)29-22-5-6-27-23-11-24(33-4)21(25(26)31)10-20(22)23/h5-12,14-15H,13H2,1-4H3,(H2,26,31)(H,27,29). The molecule has 4 rings (SSSR count). The Hall–Kier alpha value is -4.07. The van der Waals surface area contributed by atoms with Crippen molar-refractivity contribution >= 4 is 28.2 Å². The summed E-state index contributed by atoms with van der Waals surface area (Å²) in [7, 11) is 3.13. The summed E-state index contributed by atoms with van der Waals surface area (Å²) in [5.74, 6) is 1.04. The highest BCUT2D eigenvalue weighted by Crippen LogP contribution is 2.34. The molecule has 170 valence electrons. The minimum absolute atomic E-state index is 0.296. The second-order valence-electron chi connectivity index (χ2n) is 8.21. The highest BCUT2D eigenvalue weighted by Gasteiger charge is 2.14. The number of anilines is 2. The molecule has 1 amide bonds. The molecule has 0 saturated heterocycles. The van der Waals surface area contributed by atoms with Crippen molar-refractivity contribution in [3.8, 4) is 22.6 Å². The molecule has 0 unspecified atom stereocenters. The Morgan fingerprint density at radius 3 is 2.64 bits per heavy atom. The quantitative estimate of drug-likeness (QED) is 0.410. The van der Waals surface area contributed by atoms with Crippen molar-refractivity contribution in [3.05, 3.63) is 60.6 Å². The van der Waals surface area contributed by atoms with Gasteiger partial charge in [-0.05, 0) is 35.7 Å². The fourth-order valence-corrected chi connectivity index (χ4v) is 3.74. The van der Waals surface area contributed by atoms with Crippen LogP contribution in [0.2, 0.25) is 0 Å². The summed E-state index contributed by atoms with van der Waals surface area (Å²) < 4.78 is 12.8. The molecular weight excluding hydrogens is 418 g/mol. The average Bonchev–Trinajstić information content (AvgIpc) is 3.26. The van der Waals surface area contributed by atoms with E-state index in [2.05, 4.69) is 29.2 Å². The zero-order valence-corrected chi connectivity index (χ0v) is 19.1. The van der Waals surface area contributed by atoms with Gasteiger partial charge in [0.1, 0.15) is 11.5 Å². The molecule has 3 N–H and O–H groups in total. The molecule has 4 aromatic rings. The fourth-order valence-electron chi connectivity index (χ4n) is 3.74. The number of benzene rings is 2. The molecule has 0 spiro atoms. The Bertz CT molecular complexity index is 1310. The SMILES string of the molecule is COc1cc(Nc2ccnc3cc(OC)c(C(N)=O)cc23)cc(-c2cnn(CC(C)C)c2)c1. The number of ether oxygens (including phenoxy) is 2. The summed E-state index contributed by atoms with van der Waals surface area (Å²) in [5, 5.41) is 8.66. The first-order valence-electron chi connectivity index (χ1n) is 10.6. The maximum atomic E-state index is 11.9. The van der Waals surface area contributed by atoms with E-state index in [1.807, 2.05) is 41.3 Å². The number of methoxy groups -OCH3 is 2. The summed E-state index contributed by atoms with van der Waals surface area (Å²) >= 11 is 0. The maximum Gasteiger partial charge on any atom is 0.252 e. The molecule has 8 heteroatoms. The van der Waals surface area contributed by atoms with E-state index in [0.29, 0.717) is 28.5 Å². The maximum absolute atomic E-state index is 11.9. The first-order valence-corrected chi connectivity index (χ1v) is 10.6. The predicted octanol–water partition coefficient (Wildman–Crippen LogP) is 4.61. The zero-order chi connectivity index (χ0) is 23.5. The molecule has 0 bridgehead atoms. The summed E-state index contributed by atoms with van der Waals surface area (Å²) in [6, 6.07) is 11.2. The van der Waals surface area contributed by atoms with Gasteiger partial charge in [-0.2, -0.15) is 5.10 Å². The number of carbonyl (C=O) groups excluding carboxylic acids is 1. The Morgan fingerprint density at radius 2 is 1.94 bits per heavy atom. The Labute approximate surface area is 192 Å². The lowest BCUT2D eigenvalue weighted by Gasteiger charge is -2.14. The molecule has 8 nitrogen and oxygen atoms in total. The number of pyridine rings is 1. The van der Waals surface area contributed by atoms with Crippen LogP contribution in [0.15, 0.2) is 55.0 Å². The van der Waals surface area contributed by atoms with E-state index in [9.17, 15) is 4.79 Å². The van der Waals surface area contributed by atoms with Gasteiger partial charge < -0.3 is 20.5 Å². The Kier molecular flexibility index (Phi) is 6.17. The molecule has 0 aliphatic rings. The number of rotatable bonds is 8. The van der Waals surface area contributed by atoms with Gasteiger partial charge in [-0.1, -0.05) is 13.8 Å². The molecule has 33 heavy (non-hydrogen) atoms. The monoisotopic (exact) mass is 445 g/mol. The van der Waals surface area contributed by atoms with Crippen molar-refractivity contribution in [2.45, 2.75) is 20.4 Å². The third-order valence-electron chi connectivity index (χ3n) is 5.27. The second-order valence-corrected chi connectivity index (χ2v) is 8.21. The lowest BCUT2D eigenvalue weighted by atomic mass is 10.1. The molecule has 0 aliphatic carbocycles. The van der Waals surface area contributed by atoms with Crippen LogP contribution in [-0.2, 0) is 6.54 Å². The summed E-state index contributed by atoms with van der Waals surface area (Å²) in [4.78, 5) is 16.3. The van der Waals surface area contributed by atoms with Crippen molar-refractivity contribution in [2.24, 2.45) is 11.7 Å². The van der Waals surface area contributed by atoms with Crippen molar-refractivity contribution in [2.75, 3.05) is 19.5 Å². The molecule has 0 atom stereocenters. The molecule has 2 aromatic heterocycles. The number of hydrogen-bond acceptors (Lipinski definition) is 6. The Morgan fingerprint density at radius 1 is 1.12 bits per heavy atom. The van der Waals surface area contributed by atoms with Crippen molar-refractivity contribution < 1.29 is 14.3 Å². The predicted molar refractivity (Wildman–Crippen MR) is 129 cm³/mol. The number of nitrogens with two attached hydrogens (primary N) is 1. The van der Waals surface area contributed by atoms with E-state index in [4.69, 9.17) is 15.2 Å². The van der Waals surface area contributed by atoms with Crippen LogP contribution in [0.3, 0.4) is 0 Å². The van der Waals surface area contributed by atoms with Crippen LogP contribution in [0.1, 0.15) is 24.2 Å². The number of hydrogen-bond donors (Lipinski definition) is 2. The van der Waals surface area contributed by atoms with Crippen LogP contribution in [0.5, 0.6) is 11.5 Å². The normalized spacial score (nSPS) is 11.1. The van der Waals surface area contributed by atoms with Gasteiger partial charge in [0, 0.05) is 53.4 Å². The summed E-state index contributed by atoms with van der Waals surface area (Å²) in [6.07, 6.45) is 5.59. The van der Waals surface area contributed by atoms with E-state index in [0.717, 1.165) is 34.4 Å². The van der Waals surface area contributed by atoms with Gasteiger partial charge >= 0.3 is 0 Å². The average molecular weight is 446 g/mol. The van der Waals surface area contributed by atoms with Crippen LogP contribution in [0, 0.1) is 5.92 Å². The lowest BCUT2D eigenvalue weighted by molar-refractivity contribution is 0.0997. The third-order valence-corrected chi connectivity index (χ3v) is 5.27. The number of amides is 1. The fraction of sp³-hybridized carbons (Fsp3) is 0.240. The number of fused-ring (bicyclic) bond motifs is 1. The van der Waals surface area contributed by atoms with Crippen LogP contribution < -0.4 is 20.5 Å². The van der Waals surface area contributed by atoms with E-state index in [1.165, 1.54) is 7.11 Å². The van der Waals surface area contributed by atoms with Gasteiger partial charge in [-0.25, -0.2) is 0 Å². The Balaban J connectivity index is 1.74. The van der Waals surface area contributed by atoms with Crippen LogP contribution in [0.4, 0.5) is 11.4 Å². The topological polar surface area (TPSA) is 104 Å². The van der Waals surface area contributed by atoms with Gasteiger partial charge in [0.25, 0.3) is 5.91 Å². The van der Waals surface area contributed by atoms with Crippen molar-refractivity contribution in [1.29, 1.82) is 0 Å². The zero-order valence-electron chi connectivity index (χ0n) is 19.1. The van der Waals surface area contributed by atoms with E-state index >= 15 is 0 Å². The number of carbonyl (C=O) groups is 1. The molecule has 0 aliphatic heterocycles. The molecule has 0 radical (unpaired) electrons. The second kappa shape index (κ2) is 9.20. The largest absolute Gasteiger partial charge is 0.497 e. The van der Waals surface area contributed by atoms with Crippen molar-refractivity contribution in [3.63, 3.8) is 0 Å².